The van der Waals surface area contributed by atoms with Gasteiger partial charge in [-0.05, 0) is 23.6 Å². The Balaban J connectivity index is 1.81. The third-order valence-electron chi connectivity index (χ3n) is 3.64. The first-order chi connectivity index (χ1) is 8.25. The molecule has 2 unspecified atom stereocenters. The summed E-state index contributed by atoms with van der Waals surface area (Å²) in [7, 11) is 0. The second-order valence-corrected chi connectivity index (χ2v) is 5.12. The fourth-order valence-corrected chi connectivity index (χ4v) is 3.10. The van der Waals surface area contributed by atoms with Gasteiger partial charge in [0.05, 0.1) is 6.54 Å². The molecule has 90 valence electrons. The molecule has 0 aromatic heterocycles. The average molecular weight is 250 g/mol. The Morgan fingerprint density at radius 3 is 3.06 bits per heavy atom. The topological polar surface area (TPSA) is 36.4 Å². The van der Waals surface area contributed by atoms with E-state index in [0.717, 1.165) is 30.5 Å². The number of aliphatic imine (C=N–C) groups is 1. The highest BCUT2D eigenvalue weighted by atomic mass is 35.5. The largest absolute Gasteiger partial charge is 0.355 e. The van der Waals surface area contributed by atoms with Crippen molar-refractivity contribution in [1.29, 1.82) is 0 Å². The van der Waals surface area contributed by atoms with Crippen LogP contribution in [0.25, 0.3) is 0 Å². The molecule has 0 spiro atoms. The lowest BCUT2D eigenvalue weighted by molar-refractivity contribution is 0.553. The third kappa shape index (κ3) is 1.89. The van der Waals surface area contributed by atoms with E-state index in [2.05, 4.69) is 28.6 Å². The van der Waals surface area contributed by atoms with Crippen molar-refractivity contribution in [2.75, 3.05) is 13.1 Å². The Morgan fingerprint density at radius 2 is 2.35 bits per heavy atom. The SMILES string of the molecule is CC1c2c(Cl)cccc2CC1NC1=NCCN1. The van der Waals surface area contributed by atoms with Crippen molar-refractivity contribution in [1.82, 2.24) is 10.6 Å². The predicted octanol–water partition coefficient (Wildman–Crippen LogP) is 1.92. The van der Waals surface area contributed by atoms with Gasteiger partial charge in [-0.15, -0.1) is 0 Å². The molecular formula is C13H16ClN3. The van der Waals surface area contributed by atoms with E-state index >= 15 is 0 Å². The number of nitrogens with zero attached hydrogens (tertiary/aromatic N) is 1. The standard InChI is InChI=1S/C13H16ClN3/c1-8-11(17-13-15-5-6-16-13)7-9-3-2-4-10(14)12(8)9/h2-4,8,11H,5-7H2,1H3,(H2,15,16,17). The van der Waals surface area contributed by atoms with Gasteiger partial charge in [0.1, 0.15) is 0 Å². The maximum atomic E-state index is 6.27. The van der Waals surface area contributed by atoms with Crippen LogP contribution in [0.15, 0.2) is 23.2 Å². The highest BCUT2D eigenvalue weighted by Crippen LogP contribution is 2.37. The lowest BCUT2D eigenvalue weighted by Gasteiger charge is -2.19. The molecule has 0 bridgehead atoms. The van der Waals surface area contributed by atoms with Crippen molar-refractivity contribution < 1.29 is 0 Å². The van der Waals surface area contributed by atoms with Gasteiger partial charge >= 0.3 is 0 Å². The summed E-state index contributed by atoms with van der Waals surface area (Å²) in [6, 6.07) is 6.57. The molecular weight excluding hydrogens is 234 g/mol. The van der Waals surface area contributed by atoms with Crippen molar-refractivity contribution >= 4 is 17.6 Å². The van der Waals surface area contributed by atoms with Crippen molar-refractivity contribution in [3.8, 4) is 0 Å². The molecule has 1 aliphatic carbocycles. The monoisotopic (exact) mass is 249 g/mol. The Bertz CT molecular complexity index is 470. The van der Waals surface area contributed by atoms with Crippen LogP contribution < -0.4 is 10.6 Å². The molecule has 1 aromatic carbocycles. The highest BCUT2D eigenvalue weighted by Gasteiger charge is 2.31. The zero-order valence-corrected chi connectivity index (χ0v) is 10.6. The van der Waals surface area contributed by atoms with Gasteiger partial charge in [0, 0.05) is 23.5 Å². The molecule has 2 aliphatic rings. The third-order valence-corrected chi connectivity index (χ3v) is 3.97. The van der Waals surface area contributed by atoms with E-state index in [1.54, 1.807) is 0 Å². The van der Waals surface area contributed by atoms with Gasteiger partial charge in [-0.2, -0.15) is 0 Å². The Hall–Kier alpha value is -1.22. The van der Waals surface area contributed by atoms with Crippen LogP contribution in [-0.4, -0.2) is 25.1 Å². The summed E-state index contributed by atoms with van der Waals surface area (Å²) in [5.41, 5.74) is 2.66. The fraction of sp³-hybridized carbons (Fsp3) is 0.462. The summed E-state index contributed by atoms with van der Waals surface area (Å²) in [6.45, 7) is 4.04. The van der Waals surface area contributed by atoms with Crippen LogP contribution in [0.2, 0.25) is 5.02 Å². The van der Waals surface area contributed by atoms with Gasteiger partial charge in [0.25, 0.3) is 0 Å². The van der Waals surface area contributed by atoms with E-state index in [1.807, 2.05) is 12.1 Å². The van der Waals surface area contributed by atoms with E-state index in [1.165, 1.54) is 11.1 Å². The number of guanidine groups is 1. The second kappa shape index (κ2) is 4.22. The smallest absolute Gasteiger partial charge is 0.191 e. The number of hydrogen-bond acceptors (Lipinski definition) is 3. The molecule has 2 N–H and O–H groups in total. The van der Waals surface area contributed by atoms with Crippen LogP contribution in [0.3, 0.4) is 0 Å². The van der Waals surface area contributed by atoms with Crippen molar-refractivity contribution in [3.63, 3.8) is 0 Å². The summed E-state index contributed by atoms with van der Waals surface area (Å²) < 4.78 is 0. The molecule has 17 heavy (non-hydrogen) atoms. The van der Waals surface area contributed by atoms with Gasteiger partial charge in [-0.1, -0.05) is 30.7 Å². The minimum Gasteiger partial charge on any atom is -0.355 e. The molecule has 3 rings (SSSR count). The van der Waals surface area contributed by atoms with Gasteiger partial charge in [-0.3, -0.25) is 4.99 Å². The van der Waals surface area contributed by atoms with E-state index in [9.17, 15) is 0 Å². The number of nitrogens with one attached hydrogen (secondary N) is 2. The van der Waals surface area contributed by atoms with E-state index in [4.69, 9.17) is 11.6 Å². The molecule has 0 saturated carbocycles. The van der Waals surface area contributed by atoms with Crippen molar-refractivity contribution in [2.45, 2.75) is 25.3 Å². The number of rotatable bonds is 1. The van der Waals surface area contributed by atoms with Crippen LogP contribution in [0, 0.1) is 0 Å². The summed E-state index contributed by atoms with van der Waals surface area (Å²) >= 11 is 6.27. The van der Waals surface area contributed by atoms with Crippen LogP contribution in [0.1, 0.15) is 24.0 Å². The van der Waals surface area contributed by atoms with Crippen molar-refractivity contribution in [2.24, 2.45) is 4.99 Å². The molecule has 0 fully saturated rings. The molecule has 0 radical (unpaired) electrons. The zero-order valence-electron chi connectivity index (χ0n) is 9.83. The Morgan fingerprint density at radius 1 is 1.47 bits per heavy atom. The highest BCUT2D eigenvalue weighted by molar-refractivity contribution is 6.31. The summed E-state index contributed by atoms with van der Waals surface area (Å²) in [5, 5.41) is 7.62. The van der Waals surface area contributed by atoms with Crippen LogP contribution in [-0.2, 0) is 6.42 Å². The lowest BCUT2D eigenvalue weighted by Crippen LogP contribution is -2.42. The van der Waals surface area contributed by atoms with Crippen LogP contribution in [0.4, 0.5) is 0 Å². The van der Waals surface area contributed by atoms with Gasteiger partial charge in [-0.25, -0.2) is 0 Å². The first-order valence-electron chi connectivity index (χ1n) is 6.08. The quantitative estimate of drug-likeness (QED) is 0.798. The second-order valence-electron chi connectivity index (χ2n) is 4.71. The first kappa shape index (κ1) is 10.9. The average Bonchev–Trinajstić information content (AvgIpc) is 2.90. The molecule has 4 heteroatoms. The molecule has 1 aliphatic heterocycles. The summed E-state index contributed by atoms with van der Waals surface area (Å²) in [5.74, 6) is 1.37. The number of benzene rings is 1. The molecule has 3 nitrogen and oxygen atoms in total. The normalized spacial score (nSPS) is 26.4. The van der Waals surface area contributed by atoms with E-state index in [0.29, 0.717) is 12.0 Å². The molecule has 2 atom stereocenters. The molecule has 0 amide bonds. The Labute approximate surface area is 106 Å². The number of fused-ring (bicyclic) bond motifs is 1. The maximum Gasteiger partial charge on any atom is 0.191 e. The Kier molecular flexibility index (Phi) is 2.71. The van der Waals surface area contributed by atoms with E-state index < -0.39 is 0 Å². The van der Waals surface area contributed by atoms with Crippen LogP contribution in [0.5, 0.6) is 0 Å². The predicted molar refractivity (Wildman–Crippen MR) is 70.8 cm³/mol. The van der Waals surface area contributed by atoms with Gasteiger partial charge in [0.2, 0.25) is 0 Å². The van der Waals surface area contributed by atoms with E-state index in [-0.39, 0.29) is 0 Å². The number of hydrogen-bond donors (Lipinski definition) is 2. The van der Waals surface area contributed by atoms with Gasteiger partial charge in [0.15, 0.2) is 5.96 Å². The maximum absolute atomic E-state index is 6.27. The van der Waals surface area contributed by atoms with Crippen molar-refractivity contribution in [3.05, 3.63) is 34.3 Å². The molecule has 0 saturated heterocycles. The first-order valence-corrected chi connectivity index (χ1v) is 6.45. The van der Waals surface area contributed by atoms with Crippen LogP contribution >= 0.6 is 11.6 Å². The fourth-order valence-electron chi connectivity index (χ4n) is 2.73. The van der Waals surface area contributed by atoms with Gasteiger partial charge < -0.3 is 10.6 Å². The minimum absolute atomic E-state index is 0.397. The summed E-state index contributed by atoms with van der Waals surface area (Å²) in [4.78, 5) is 4.38. The minimum atomic E-state index is 0.397. The summed E-state index contributed by atoms with van der Waals surface area (Å²) in [6.07, 6.45) is 1.03. The molecule has 1 aromatic rings. The lowest BCUT2D eigenvalue weighted by atomic mass is 10.0. The molecule has 1 heterocycles. The number of halogens is 1. The zero-order chi connectivity index (χ0) is 11.8.